The summed E-state index contributed by atoms with van der Waals surface area (Å²) in [6.07, 6.45) is 0. The van der Waals surface area contributed by atoms with Crippen LogP contribution in [0, 0.1) is 13.8 Å². The molecule has 1 aliphatic rings. The second-order valence-corrected chi connectivity index (χ2v) is 8.67. The van der Waals surface area contributed by atoms with Crippen molar-refractivity contribution in [2.45, 2.75) is 26.8 Å². The number of aromatic nitrogens is 3. The number of hydrogen-bond acceptors (Lipinski definition) is 5. The zero-order valence-corrected chi connectivity index (χ0v) is 20.2. The van der Waals surface area contributed by atoms with Crippen LogP contribution < -0.4 is 15.4 Å². The number of fused-ring (bicyclic) bond motifs is 1. The number of nitrogens with zero attached hydrogens (tertiary/aromatic N) is 3. The van der Waals surface area contributed by atoms with E-state index in [0.717, 1.165) is 22.5 Å². The number of carbonyl (C=O) groups is 1. The fourth-order valence-corrected chi connectivity index (χ4v) is 4.29. The molecule has 3 aromatic carbocycles. The van der Waals surface area contributed by atoms with Crippen molar-refractivity contribution in [1.29, 1.82) is 0 Å². The highest BCUT2D eigenvalue weighted by Gasteiger charge is 2.34. The van der Waals surface area contributed by atoms with Crippen molar-refractivity contribution in [1.82, 2.24) is 14.8 Å². The normalized spacial score (nSPS) is 14.8. The second-order valence-electron chi connectivity index (χ2n) is 8.67. The van der Waals surface area contributed by atoms with Crippen LogP contribution in [0.2, 0.25) is 0 Å². The monoisotopic (exact) mass is 465 g/mol. The molecule has 2 N–H and O–H groups in total. The van der Waals surface area contributed by atoms with Crippen LogP contribution in [0.15, 0.2) is 84.1 Å². The van der Waals surface area contributed by atoms with Crippen molar-refractivity contribution in [2.75, 3.05) is 17.7 Å². The zero-order valence-electron chi connectivity index (χ0n) is 20.2. The number of rotatable bonds is 5. The quantitative estimate of drug-likeness (QED) is 0.407. The number of carbonyl (C=O) groups excluding carboxylic acids is 1. The fraction of sp³-hybridized carbons (Fsp3) is 0.179. The van der Waals surface area contributed by atoms with E-state index >= 15 is 0 Å². The van der Waals surface area contributed by atoms with Crippen LogP contribution in [0.4, 0.5) is 11.6 Å². The summed E-state index contributed by atoms with van der Waals surface area (Å²) in [5.41, 5.74) is 6.19. The SMILES string of the molecule is COc1cccc(C2C(C(=O)Nc3ccccc3)=C(C)Nc3nc(-c4ccc(C)c(C)c4)nn32)c1. The van der Waals surface area contributed by atoms with Gasteiger partial charge in [-0.15, -0.1) is 5.10 Å². The minimum atomic E-state index is -0.488. The van der Waals surface area contributed by atoms with Gasteiger partial charge in [0.15, 0.2) is 5.82 Å². The number of allylic oxidation sites excluding steroid dienone is 1. The first-order chi connectivity index (χ1) is 16.9. The Kier molecular flexibility index (Phi) is 5.82. The molecule has 4 aromatic rings. The predicted octanol–water partition coefficient (Wildman–Crippen LogP) is 5.50. The Hall–Kier alpha value is -4.39. The maximum atomic E-state index is 13.6. The first-order valence-corrected chi connectivity index (χ1v) is 11.5. The third kappa shape index (κ3) is 4.28. The molecule has 0 radical (unpaired) electrons. The molecule has 0 saturated heterocycles. The number of amides is 1. The molecular weight excluding hydrogens is 438 g/mol. The molecule has 1 aliphatic heterocycles. The number of methoxy groups -OCH3 is 1. The highest BCUT2D eigenvalue weighted by molar-refractivity contribution is 6.06. The van der Waals surface area contributed by atoms with E-state index in [0.29, 0.717) is 23.1 Å². The molecule has 7 heteroatoms. The van der Waals surface area contributed by atoms with Gasteiger partial charge in [-0.3, -0.25) is 4.79 Å². The zero-order chi connectivity index (χ0) is 24.5. The Balaban J connectivity index is 1.62. The third-order valence-electron chi connectivity index (χ3n) is 6.30. The summed E-state index contributed by atoms with van der Waals surface area (Å²) in [4.78, 5) is 18.4. The largest absolute Gasteiger partial charge is 0.497 e. The average molecular weight is 466 g/mol. The van der Waals surface area contributed by atoms with Crippen molar-refractivity contribution >= 4 is 17.5 Å². The number of para-hydroxylation sites is 1. The molecule has 0 bridgehead atoms. The van der Waals surface area contributed by atoms with E-state index in [4.69, 9.17) is 14.8 Å². The molecule has 0 aliphatic carbocycles. The van der Waals surface area contributed by atoms with E-state index < -0.39 is 6.04 Å². The molecule has 7 nitrogen and oxygen atoms in total. The van der Waals surface area contributed by atoms with Crippen LogP contribution in [-0.4, -0.2) is 27.8 Å². The van der Waals surface area contributed by atoms with Gasteiger partial charge < -0.3 is 15.4 Å². The topological polar surface area (TPSA) is 81.1 Å². The maximum Gasteiger partial charge on any atom is 0.255 e. The molecule has 35 heavy (non-hydrogen) atoms. The summed E-state index contributed by atoms with van der Waals surface area (Å²) < 4.78 is 7.26. The molecule has 0 fully saturated rings. The van der Waals surface area contributed by atoms with Crippen LogP contribution >= 0.6 is 0 Å². The van der Waals surface area contributed by atoms with Gasteiger partial charge in [-0.1, -0.05) is 42.5 Å². The van der Waals surface area contributed by atoms with Gasteiger partial charge in [-0.25, -0.2) is 4.68 Å². The van der Waals surface area contributed by atoms with Gasteiger partial charge in [0.2, 0.25) is 5.95 Å². The lowest BCUT2D eigenvalue weighted by molar-refractivity contribution is -0.113. The minimum absolute atomic E-state index is 0.206. The molecular formula is C28H27N5O2. The molecule has 1 aromatic heterocycles. The first-order valence-electron chi connectivity index (χ1n) is 11.5. The molecule has 176 valence electrons. The average Bonchev–Trinajstić information content (AvgIpc) is 3.29. The van der Waals surface area contributed by atoms with Gasteiger partial charge in [-0.2, -0.15) is 4.98 Å². The van der Waals surface area contributed by atoms with Crippen molar-refractivity contribution < 1.29 is 9.53 Å². The summed E-state index contributed by atoms with van der Waals surface area (Å²) >= 11 is 0. The molecule has 1 amide bonds. The van der Waals surface area contributed by atoms with Gasteiger partial charge in [0.25, 0.3) is 5.91 Å². The number of ether oxygens (including phenoxy) is 1. The third-order valence-corrected chi connectivity index (χ3v) is 6.30. The number of nitrogens with one attached hydrogen (secondary N) is 2. The smallest absolute Gasteiger partial charge is 0.255 e. The van der Waals surface area contributed by atoms with Crippen LogP contribution in [0.5, 0.6) is 5.75 Å². The van der Waals surface area contributed by atoms with Gasteiger partial charge in [-0.05, 0) is 67.8 Å². The lowest BCUT2D eigenvalue weighted by atomic mass is 9.95. The summed E-state index contributed by atoms with van der Waals surface area (Å²) in [7, 11) is 1.63. The molecule has 0 spiro atoms. The number of benzene rings is 3. The van der Waals surface area contributed by atoms with Crippen LogP contribution in [0.25, 0.3) is 11.4 Å². The van der Waals surface area contributed by atoms with E-state index in [9.17, 15) is 4.79 Å². The predicted molar refractivity (Wildman–Crippen MR) is 137 cm³/mol. The molecule has 1 unspecified atom stereocenters. The van der Waals surface area contributed by atoms with Crippen LogP contribution in [0.1, 0.15) is 29.7 Å². The summed E-state index contributed by atoms with van der Waals surface area (Å²) in [5.74, 6) is 1.68. The Labute approximate surface area is 204 Å². The van der Waals surface area contributed by atoms with E-state index in [1.165, 1.54) is 11.1 Å². The lowest BCUT2D eigenvalue weighted by Gasteiger charge is -2.28. The van der Waals surface area contributed by atoms with E-state index in [2.05, 4.69) is 36.6 Å². The first kappa shape index (κ1) is 22.4. The van der Waals surface area contributed by atoms with Crippen molar-refractivity contribution in [3.63, 3.8) is 0 Å². The number of aryl methyl sites for hydroxylation is 2. The standard InChI is InChI=1S/C28H27N5O2/c1-17-13-14-21(15-18(17)2)26-31-28-29-19(3)24(27(34)30-22-10-6-5-7-11-22)25(33(28)32-26)20-9-8-12-23(16-20)35-4/h5-16,25H,1-4H3,(H,30,34)(H,29,31,32). The number of hydrogen-bond donors (Lipinski definition) is 2. The van der Waals surface area contributed by atoms with Gasteiger partial charge in [0.05, 0.1) is 12.7 Å². The van der Waals surface area contributed by atoms with E-state index in [1.54, 1.807) is 11.8 Å². The summed E-state index contributed by atoms with van der Waals surface area (Å²) in [6, 6.07) is 22.8. The van der Waals surface area contributed by atoms with Gasteiger partial charge in [0, 0.05) is 16.9 Å². The summed E-state index contributed by atoms with van der Waals surface area (Å²) in [5, 5.41) is 11.2. The highest BCUT2D eigenvalue weighted by atomic mass is 16.5. The van der Waals surface area contributed by atoms with Crippen molar-refractivity contribution in [3.8, 4) is 17.1 Å². The van der Waals surface area contributed by atoms with Crippen molar-refractivity contribution in [3.05, 3.63) is 101 Å². The summed E-state index contributed by atoms with van der Waals surface area (Å²) in [6.45, 7) is 6.04. The number of anilines is 2. The van der Waals surface area contributed by atoms with Gasteiger partial charge >= 0.3 is 0 Å². The van der Waals surface area contributed by atoms with Gasteiger partial charge in [0.1, 0.15) is 11.8 Å². The maximum absolute atomic E-state index is 13.6. The van der Waals surface area contributed by atoms with E-state index in [1.807, 2.05) is 67.6 Å². The Bertz CT molecular complexity index is 1440. The molecule has 2 heterocycles. The Morgan fingerprint density at radius 1 is 0.971 bits per heavy atom. The van der Waals surface area contributed by atoms with Crippen LogP contribution in [0.3, 0.4) is 0 Å². The lowest BCUT2D eigenvalue weighted by Crippen LogP contribution is -2.31. The minimum Gasteiger partial charge on any atom is -0.497 e. The van der Waals surface area contributed by atoms with E-state index in [-0.39, 0.29) is 5.91 Å². The van der Waals surface area contributed by atoms with Crippen molar-refractivity contribution in [2.24, 2.45) is 0 Å². The highest BCUT2D eigenvalue weighted by Crippen LogP contribution is 2.38. The van der Waals surface area contributed by atoms with Crippen LogP contribution in [-0.2, 0) is 4.79 Å². The Morgan fingerprint density at radius 3 is 2.51 bits per heavy atom. The molecule has 5 rings (SSSR count). The molecule has 1 atom stereocenters. The molecule has 0 saturated carbocycles. The fourth-order valence-electron chi connectivity index (χ4n) is 4.29. The second kappa shape index (κ2) is 9.10. The Morgan fingerprint density at radius 2 is 1.77 bits per heavy atom.